The molecular weight excluding hydrogens is 212 g/mol. The van der Waals surface area contributed by atoms with Crippen molar-refractivity contribution in [2.24, 2.45) is 5.92 Å². The molecule has 0 radical (unpaired) electrons. The van der Waals surface area contributed by atoms with E-state index in [1.165, 1.54) is 5.56 Å². The summed E-state index contributed by atoms with van der Waals surface area (Å²) in [7, 11) is 0. The van der Waals surface area contributed by atoms with Crippen LogP contribution in [0.25, 0.3) is 0 Å². The molecule has 1 saturated heterocycles. The average Bonchev–Trinajstić information content (AvgIpc) is 3.00. The van der Waals surface area contributed by atoms with Crippen molar-refractivity contribution < 1.29 is 9.84 Å². The molecular formula is C15H22O2. The molecule has 1 aromatic carbocycles. The smallest absolute Gasteiger partial charge is 0.119 e. The Bertz CT molecular complexity index is 396. The van der Waals surface area contributed by atoms with Crippen LogP contribution in [0.5, 0.6) is 5.75 Å². The molecule has 2 atom stereocenters. The minimum absolute atomic E-state index is 0.357. The van der Waals surface area contributed by atoms with E-state index in [-0.39, 0.29) is 0 Å². The number of phenolic OH excluding ortho intramolecular Hbond substituents is 1. The number of ether oxygens (including phenoxy) is 1. The molecule has 2 unspecified atom stereocenters. The second-order valence-electron chi connectivity index (χ2n) is 5.64. The van der Waals surface area contributed by atoms with E-state index in [0.717, 1.165) is 12.0 Å². The molecule has 1 aliphatic rings. The highest BCUT2D eigenvalue weighted by Crippen LogP contribution is 2.33. The molecule has 1 aliphatic heterocycles. The van der Waals surface area contributed by atoms with Gasteiger partial charge in [0.15, 0.2) is 0 Å². The minimum atomic E-state index is 0.357. The summed E-state index contributed by atoms with van der Waals surface area (Å²) >= 11 is 0. The third kappa shape index (κ3) is 2.81. The van der Waals surface area contributed by atoms with E-state index in [9.17, 15) is 5.11 Å². The van der Waals surface area contributed by atoms with Gasteiger partial charge in [0.25, 0.3) is 0 Å². The molecule has 1 aromatic rings. The van der Waals surface area contributed by atoms with E-state index in [4.69, 9.17) is 4.74 Å². The topological polar surface area (TPSA) is 32.8 Å². The van der Waals surface area contributed by atoms with Gasteiger partial charge in [-0.2, -0.15) is 0 Å². The van der Waals surface area contributed by atoms with E-state index in [1.807, 2.05) is 6.07 Å². The van der Waals surface area contributed by atoms with Gasteiger partial charge in [0, 0.05) is 6.42 Å². The summed E-state index contributed by atoms with van der Waals surface area (Å²) in [6.45, 7) is 8.59. The molecule has 0 spiro atoms. The van der Waals surface area contributed by atoms with E-state index < -0.39 is 0 Å². The predicted octanol–water partition coefficient (Wildman–Crippen LogP) is 3.48. The van der Waals surface area contributed by atoms with Crippen molar-refractivity contribution in [3.05, 3.63) is 29.3 Å². The van der Waals surface area contributed by atoms with Gasteiger partial charge in [-0.3, -0.25) is 0 Å². The molecule has 1 N–H and O–H groups in total. The van der Waals surface area contributed by atoms with Crippen molar-refractivity contribution in [2.75, 3.05) is 0 Å². The van der Waals surface area contributed by atoms with Crippen LogP contribution in [-0.2, 0) is 11.2 Å². The zero-order valence-corrected chi connectivity index (χ0v) is 11.1. The van der Waals surface area contributed by atoms with Gasteiger partial charge in [-0.05, 0) is 29.0 Å². The number of aromatic hydroxyl groups is 1. The number of epoxide rings is 1. The normalized spacial score (nSPS) is 23.4. The lowest BCUT2D eigenvalue weighted by Gasteiger charge is -2.10. The largest absolute Gasteiger partial charge is 0.508 e. The lowest BCUT2D eigenvalue weighted by Crippen LogP contribution is -2.05. The van der Waals surface area contributed by atoms with Gasteiger partial charge in [0.05, 0.1) is 12.2 Å². The maximum atomic E-state index is 9.76. The quantitative estimate of drug-likeness (QED) is 0.809. The first-order valence-corrected chi connectivity index (χ1v) is 6.46. The SMILES string of the molecule is CC(C)c1cc(CC2OC2C(C)C)ccc1O. The van der Waals surface area contributed by atoms with E-state index >= 15 is 0 Å². The van der Waals surface area contributed by atoms with Crippen molar-refractivity contribution in [3.63, 3.8) is 0 Å². The zero-order chi connectivity index (χ0) is 12.6. The maximum Gasteiger partial charge on any atom is 0.119 e. The van der Waals surface area contributed by atoms with Crippen LogP contribution >= 0.6 is 0 Å². The highest BCUT2D eigenvalue weighted by atomic mass is 16.6. The Morgan fingerprint density at radius 2 is 1.94 bits per heavy atom. The highest BCUT2D eigenvalue weighted by molar-refractivity contribution is 5.38. The summed E-state index contributed by atoms with van der Waals surface area (Å²) in [4.78, 5) is 0. The van der Waals surface area contributed by atoms with E-state index in [2.05, 4.69) is 33.8 Å². The fourth-order valence-corrected chi connectivity index (χ4v) is 2.33. The molecule has 17 heavy (non-hydrogen) atoms. The Balaban J connectivity index is 2.05. The Morgan fingerprint density at radius 1 is 1.24 bits per heavy atom. The van der Waals surface area contributed by atoms with Crippen LogP contribution in [-0.4, -0.2) is 17.3 Å². The van der Waals surface area contributed by atoms with Crippen LogP contribution in [0.2, 0.25) is 0 Å². The number of rotatable bonds is 4. The summed E-state index contributed by atoms with van der Waals surface area (Å²) in [5.74, 6) is 1.36. The predicted molar refractivity (Wildman–Crippen MR) is 69.4 cm³/mol. The van der Waals surface area contributed by atoms with Crippen molar-refractivity contribution in [1.82, 2.24) is 0 Å². The molecule has 2 rings (SSSR count). The lowest BCUT2D eigenvalue weighted by atomic mass is 9.96. The molecule has 0 aliphatic carbocycles. The molecule has 2 heteroatoms. The van der Waals surface area contributed by atoms with Gasteiger partial charge < -0.3 is 9.84 Å². The van der Waals surface area contributed by atoms with Gasteiger partial charge in [0.2, 0.25) is 0 Å². The molecule has 1 fully saturated rings. The van der Waals surface area contributed by atoms with Gasteiger partial charge in [-0.1, -0.05) is 39.8 Å². The van der Waals surface area contributed by atoms with Crippen molar-refractivity contribution in [3.8, 4) is 5.75 Å². The Kier molecular flexibility index (Phi) is 3.43. The average molecular weight is 234 g/mol. The standard InChI is InChI=1S/C15H22O2/c1-9(2)12-7-11(5-6-13(12)16)8-14-15(17-14)10(3)4/h5-7,9-10,14-16H,8H2,1-4H3. The minimum Gasteiger partial charge on any atom is -0.508 e. The van der Waals surface area contributed by atoms with Crippen LogP contribution in [0.1, 0.15) is 44.7 Å². The molecule has 94 valence electrons. The number of hydrogen-bond donors (Lipinski definition) is 1. The number of hydrogen-bond acceptors (Lipinski definition) is 2. The Hall–Kier alpha value is -1.02. The van der Waals surface area contributed by atoms with Gasteiger partial charge in [0.1, 0.15) is 5.75 Å². The van der Waals surface area contributed by atoms with Crippen LogP contribution < -0.4 is 0 Å². The Labute approximate surface area is 104 Å². The van der Waals surface area contributed by atoms with Crippen LogP contribution in [0.15, 0.2) is 18.2 Å². The van der Waals surface area contributed by atoms with Crippen molar-refractivity contribution in [1.29, 1.82) is 0 Å². The third-order valence-corrected chi connectivity index (χ3v) is 3.43. The zero-order valence-electron chi connectivity index (χ0n) is 11.1. The number of benzene rings is 1. The first-order chi connectivity index (χ1) is 7.99. The molecule has 1 heterocycles. The molecule has 0 bridgehead atoms. The second-order valence-corrected chi connectivity index (χ2v) is 5.64. The molecule has 0 saturated carbocycles. The summed E-state index contributed by atoms with van der Waals surface area (Å²) in [6.07, 6.45) is 1.76. The second kappa shape index (κ2) is 4.69. The fourth-order valence-electron chi connectivity index (χ4n) is 2.33. The molecule has 0 aromatic heterocycles. The third-order valence-electron chi connectivity index (χ3n) is 3.43. The fraction of sp³-hybridized carbons (Fsp3) is 0.600. The number of phenols is 1. The van der Waals surface area contributed by atoms with Crippen LogP contribution in [0.3, 0.4) is 0 Å². The van der Waals surface area contributed by atoms with E-state index in [0.29, 0.717) is 29.8 Å². The molecule has 0 amide bonds. The molecule has 2 nitrogen and oxygen atoms in total. The first kappa shape index (κ1) is 12.4. The van der Waals surface area contributed by atoms with Gasteiger partial charge in [-0.25, -0.2) is 0 Å². The van der Waals surface area contributed by atoms with Crippen molar-refractivity contribution in [2.45, 2.75) is 52.2 Å². The maximum absolute atomic E-state index is 9.76. The highest BCUT2D eigenvalue weighted by Gasteiger charge is 2.40. The van der Waals surface area contributed by atoms with Crippen LogP contribution in [0, 0.1) is 5.92 Å². The van der Waals surface area contributed by atoms with Gasteiger partial charge >= 0.3 is 0 Å². The van der Waals surface area contributed by atoms with E-state index in [1.54, 1.807) is 6.07 Å². The summed E-state index contributed by atoms with van der Waals surface area (Å²) < 4.78 is 5.65. The lowest BCUT2D eigenvalue weighted by molar-refractivity contribution is 0.334. The summed E-state index contributed by atoms with van der Waals surface area (Å²) in [6, 6.07) is 5.91. The van der Waals surface area contributed by atoms with Crippen LogP contribution in [0.4, 0.5) is 0 Å². The Morgan fingerprint density at radius 3 is 2.47 bits per heavy atom. The van der Waals surface area contributed by atoms with Gasteiger partial charge in [-0.15, -0.1) is 0 Å². The summed E-state index contributed by atoms with van der Waals surface area (Å²) in [5.41, 5.74) is 2.30. The first-order valence-electron chi connectivity index (χ1n) is 6.46. The monoisotopic (exact) mass is 234 g/mol. The summed E-state index contributed by atoms with van der Waals surface area (Å²) in [5, 5.41) is 9.76. The van der Waals surface area contributed by atoms with Crippen molar-refractivity contribution >= 4 is 0 Å².